The molecule has 2 atom stereocenters. The van der Waals surface area contributed by atoms with Gasteiger partial charge in [-0.1, -0.05) is 70.9 Å². The Morgan fingerprint density at radius 3 is 2.42 bits per heavy atom. The summed E-state index contributed by atoms with van der Waals surface area (Å²) < 4.78 is 5.09. The third-order valence-corrected chi connectivity index (χ3v) is 4.56. The van der Waals surface area contributed by atoms with Gasteiger partial charge in [0.2, 0.25) is 0 Å². The van der Waals surface area contributed by atoms with Crippen LogP contribution in [0.2, 0.25) is 0 Å². The Morgan fingerprint density at radius 1 is 1.00 bits per heavy atom. The molecular formula is C22H42O4. The molecule has 0 bridgehead atoms. The fraction of sp³-hybridized carbons (Fsp3) is 0.864. The molecule has 2 unspecified atom stereocenters. The zero-order valence-corrected chi connectivity index (χ0v) is 17.1. The molecule has 0 aromatic carbocycles. The number of rotatable bonds is 18. The highest BCUT2D eigenvalue weighted by Gasteiger charge is 2.06. The summed E-state index contributed by atoms with van der Waals surface area (Å²) in [6.07, 6.45) is 17.7. The second kappa shape index (κ2) is 18.9. The number of aliphatic hydroxyl groups excluding tert-OH is 2. The second-order valence-corrected chi connectivity index (χ2v) is 7.49. The van der Waals surface area contributed by atoms with Gasteiger partial charge in [0.15, 0.2) is 0 Å². The van der Waals surface area contributed by atoms with Gasteiger partial charge < -0.3 is 14.9 Å². The summed E-state index contributed by atoms with van der Waals surface area (Å²) in [5.41, 5.74) is 0. The van der Waals surface area contributed by atoms with Crippen molar-refractivity contribution in [2.24, 2.45) is 5.92 Å². The number of allylic oxidation sites excluding steroid dienone is 1. The first-order valence-corrected chi connectivity index (χ1v) is 10.7. The van der Waals surface area contributed by atoms with Gasteiger partial charge in [-0.25, -0.2) is 0 Å². The van der Waals surface area contributed by atoms with E-state index in [9.17, 15) is 9.90 Å². The van der Waals surface area contributed by atoms with Crippen molar-refractivity contribution in [3.8, 4) is 0 Å². The smallest absolute Gasteiger partial charge is 0.305 e. The molecule has 2 N–H and O–H groups in total. The van der Waals surface area contributed by atoms with E-state index in [-0.39, 0.29) is 24.6 Å². The zero-order valence-electron chi connectivity index (χ0n) is 17.1. The highest BCUT2D eigenvalue weighted by molar-refractivity contribution is 5.69. The summed E-state index contributed by atoms with van der Waals surface area (Å²) in [6, 6.07) is 0. The average Bonchev–Trinajstić information content (AvgIpc) is 2.64. The molecule has 0 amide bonds. The zero-order chi connectivity index (χ0) is 19.5. The molecule has 4 heteroatoms. The topological polar surface area (TPSA) is 66.8 Å². The van der Waals surface area contributed by atoms with Crippen molar-refractivity contribution >= 4 is 5.97 Å². The average molecular weight is 371 g/mol. The van der Waals surface area contributed by atoms with Crippen LogP contribution in [0.3, 0.4) is 0 Å². The van der Waals surface area contributed by atoms with E-state index in [2.05, 4.69) is 19.1 Å². The number of hydrogen-bond acceptors (Lipinski definition) is 4. The van der Waals surface area contributed by atoms with Crippen molar-refractivity contribution in [2.45, 2.75) is 103 Å². The van der Waals surface area contributed by atoms with Gasteiger partial charge in [-0.05, 0) is 32.1 Å². The number of aliphatic hydroxyl groups is 2. The van der Waals surface area contributed by atoms with Gasteiger partial charge in [-0.3, -0.25) is 4.79 Å². The molecule has 154 valence electrons. The highest BCUT2D eigenvalue weighted by Crippen LogP contribution is 2.11. The highest BCUT2D eigenvalue weighted by atomic mass is 16.5. The Kier molecular flexibility index (Phi) is 18.3. The molecule has 0 aromatic rings. The first-order valence-electron chi connectivity index (χ1n) is 10.7. The molecule has 0 heterocycles. The van der Waals surface area contributed by atoms with Crippen LogP contribution in [0.15, 0.2) is 12.2 Å². The van der Waals surface area contributed by atoms with Crippen LogP contribution in [-0.2, 0) is 9.53 Å². The number of hydrogen-bond donors (Lipinski definition) is 2. The van der Waals surface area contributed by atoms with E-state index in [4.69, 9.17) is 9.84 Å². The van der Waals surface area contributed by atoms with Crippen molar-refractivity contribution in [3.05, 3.63) is 12.2 Å². The van der Waals surface area contributed by atoms with Crippen molar-refractivity contribution in [2.75, 3.05) is 13.2 Å². The summed E-state index contributed by atoms with van der Waals surface area (Å²) in [7, 11) is 0. The lowest BCUT2D eigenvalue weighted by Crippen LogP contribution is -2.14. The van der Waals surface area contributed by atoms with Crippen LogP contribution in [0, 0.1) is 5.92 Å². The third-order valence-electron chi connectivity index (χ3n) is 4.56. The van der Waals surface area contributed by atoms with Crippen LogP contribution >= 0.6 is 0 Å². The summed E-state index contributed by atoms with van der Waals surface area (Å²) >= 11 is 0. The molecule has 0 aliphatic rings. The third kappa shape index (κ3) is 17.9. The molecule has 0 spiro atoms. The predicted molar refractivity (Wildman–Crippen MR) is 108 cm³/mol. The second-order valence-electron chi connectivity index (χ2n) is 7.49. The summed E-state index contributed by atoms with van der Waals surface area (Å²) in [5, 5.41) is 18.7. The molecule has 0 saturated carbocycles. The molecule has 0 aliphatic heterocycles. The van der Waals surface area contributed by atoms with Crippen molar-refractivity contribution < 1.29 is 19.7 Å². The molecule has 0 aromatic heterocycles. The Labute approximate surface area is 161 Å². The quantitative estimate of drug-likeness (QED) is 0.198. The van der Waals surface area contributed by atoms with Gasteiger partial charge in [0.05, 0.1) is 12.7 Å². The van der Waals surface area contributed by atoms with Gasteiger partial charge in [-0.2, -0.15) is 0 Å². The minimum Gasteiger partial charge on any atom is -0.465 e. The molecule has 0 fully saturated rings. The van der Waals surface area contributed by atoms with E-state index in [1.54, 1.807) is 0 Å². The SMILES string of the molecule is CCCCCCC(O)CC=CCCCCCCCC(=O)OCC(C)CO. The van der Waals surface area contributed by atoms with E-state index in [0.29, 0.717) is 13.0 Å². The monoisotopic (exact) mass is 370 g/mol. The standard InChI is InChI=1S/C22H42O4/c1-3-4-5-12-15-21(24)16-13-10-8-6-7-9-11-14-17-22(25)26-19-20(2)18-23/h10,13,20-21,23-24H,3-9,11-12,14-19H2,1-2H3. The maximum absolute atomic E-state index is 11.5. The van der Waals surface area contributed by atoms with Crippen LogP contribution < -0.4 is 0 Å². The number of carbonyl (C=O) groups is 1. The number of carbonyl (C=O) groups excluding carboxylic acids is 1. The Balaban J connectivity index is 3.36. The van der Waals surface area contributed by atoms with Crippen LogP contribution in [0.25, 0.3) is 0 Å². The Bertz CT molecular complexity index is 341. The first kappa shape index (κ1) is 25.1. The fourth-order valence-electron chi connectivity index (χ4n) is 2.72. The molecule has 0 saturated heterocycles. The van der Waals surface area contributed by atoms with Crippen LogP contribution in [0.4, 0.5) is 0 Å². The van der Waals surface area contributed by atoms with E-state index in [0.717, 1.165) is 44.9 Å². The molecule has 4 nitrogen and oxygen atoms in total. The maximum Gasteiger partial charge on any atom is 0.305 e. The van der Waals surface area contributed by atoms with Gasteiger partial charge in [0, 0.05) is 18.9 Å². The molecule has 0 aliphatic carbocycles. The van der Waals surface area contributed by atoms with E-state index in [1.807, 2.05) is 6.92 Å². The lowest BCUT2D eigenvalue weighted by atomic mass is 10.1. The van der Waals surface area contributed by atoms with E-state index < -0.39 is 0 Å². The van der Waals surface area contributed by atoms with E-state index in [1.165, 1.54) is 32.1 Å². The summed E-state index contributed by atoms with van der Waals surface area (Å²) in [6.45, 7) is 4.43. The van der Waals surface area contributed by atoms with Gasteiger partial charge in [-0.15, -0.1) is 0 Å². The van der Waals surface area contributed by atoms with Crippen LogP contribution in [0.5, 0.6) is 0 Å². The fourth-order valence-corrected chi connectivity index (χ4v) is 2.72. The number of ether oxygens (including phenoxy) is 1. The summed E-state index contributed by atoms with van der Waals surface area (Å²) in [4.78, 5) is 11.5. The molecule has 0 radical (unpaired) electrons. The van der Waals surface area contributed by atoms with Gasteiger partial charge in [0.25, 0.3) is 0 Å². The lowest BCUT2D eigenvalue weighted by Gasteiger charge is -2.08. The predicted octanol–water partition coefficient (Wildman–Crippen LogP) is 5.17. The Morgan fingerprint density at radius 2 is 1.69 bits per heavy atom. The first-order chi connectivity index (χ1) is 12.6. The summed E-state index contributed by atoms with van der Waals surface area (Å²) in [5.74, 6) is -0.129. The van der Waals surface area contributed by atoms with Crippen LogP contribution in [-0.4, -0.2) is 35.5 Å². The Hall–Kier alpha value is -0.870. The molecule has 26 heavy (non-hydrogen) atoms. The minimum atomic E-state index is -0.178. The maximum atomic E-state index is 11.5. The number of esters is 1. The number of unbranched alkanes of at least 4 members (excludes halogenated alkanes) is 8. The van der Waals surface area contributed by atoms with Gasteiger partial charge >= 0.3 is 5.97 Å². The minimum absolute atomic E-state index is 0.0224. The lowest BCUT2D eigenvalue weighted by molar-refractivity contribution is -0.145. The molecule has 0 rings (SSSR count). The van der Waals surface area contributed by atoms with Gasteiger partial charge in [0.1, 0.15) is 0 Å². The van der Waals surface area contributed by atoms with Crippen molar-refractivity contribution in [3.63, 3.8) is 0 Å². The molecular weight excluding hydrogens is 328 g/mol. The van der Waals surface area contributed by atoms with Crippen LogP contribution in [0.1, 0.15) is 97.3 Å². The largest absolute Gasteiger partial charge is 0.465 e. The normalized spacial score (nSPS) is 13.8. The van der Waals surface area contributed by atoms with Crippen molar-refractivity contribution in [1.29, 1.82) is 0 Å². The van der Waals surface area contributed by atoms with Crippen molar-refractivity contribution in [1.82, 2.24) is 0 Å². The van der Waals surface area contributed by atoms with E-state index >= 15 is 0 Å².